The SMILES string of the molecule is Cc1ccccc1NC(=O)COc1ccc(C=NN2C(=O)C3C4C=CC(C4)C3C2=O)cc1[N+](=O)[O-]. The predicted molar refractivity (Wildman–Crippen MR) is 126 cm³/mol. The summed E-state index contributed by atoms with van der Waals surface area (Å²) in [6.07, 6.45) is 6.05. The standard InChI is InChI=1S/C25H22N4O6/c1-14-4-2-3-5-18(14)27-21(30)13-35-20-9-6-15(10-19(20)29(33)34)12-26-28-24(31)22-16-7-8-17(11-16)23(22)25(28)32/h2-10,12,16-17,22-23H,11,13H2,1H3,(H,27,30). The molecule has 2 aromatic carbocycles. The van der Waals surface area contributed by atoms with E-state index in [1.807, 2.05) is 31.2 Å². The van der Waals surface area contributed by atoms with Gasteiger partial charge in [0.15, 0.2) is 12.4 Å². The minimum atomic E-state index is -0.633. The number of nitrogens with one attached hydrogen (secondary N) is 1. The molecule has 5 rings (SSSR count). The summed E-state index contributed by atoms with van der Waals surface area (Å²) in [5.74, 6) is -1.80. The number of rotatable bonds is 7. The van der Waals surface area contributed by atoms with Gasteiger partial charge < -0.3 is 10.1 Å². The van der Waals surface area contributed by atoms with Crippen LogP contribution in [-0.4, -0.2) is 40.5 Å². The van der Waals surface area contributed by atoms with E-state index in [0.29, 0.717) is 11.3 Å². The number of anilines is 1. The molecule has 4 atom stereocenters. The molecule has 10 heteroatoms. The van der Waals surface area contributed by atoms with Crippen LogP contribution in [-0.2, 0) is 14.4 Å². The summed E-state index contributed by atoms with van der Waals surface area (Å²) >= 11 is 0. The number of nitro groups is 1. The summed E-state index contributed by atoms with van der Waals surface area (Å²) in [5.41, 5.74) is 1.45. The summed E-state index contributed by atoms with van der Waals surface area (Å²) in [7, 11) is 0. The van der Waals surface area contributed by atoms with Crippen LogP contribution in [0.5, 0.6) is 5.75 Å². The number of carbonyl (C=O) groups is 3. The molecule has 2 aromatic rings. The summed E-state index contributed by atoms with van der Waals surface area (Å²) in [6.45, 7) is 1.43. The Hall–Kier alpha value is -4.34. The third-order valence-electron chi connectivity index (χ3n) is 6.73. The highest BCUT2D eigenvalue weighted by Gasteiger charge is 2.59. The summed E-state index contributed by atoms with van der Waals surface area (Å²) in [6, 6.07) is 11.3. The molecule has 1 aliphatic heterocycles. The maximum absolute atomic E-state index is 12.7. The lowest BCUT2D eigenvalue weighted by atomic mass is 9.85. The van der Waals surface area contributed by atoms with Crippen LogP contribution in [0.1, 0.15) is 17.5 Å². The van der Waals surface area contributed by atoms with Gasteiger partial charge in [-0.05, 0) is 48.9 Å². The van der Waals surface area contributed by atoms with E-state index < -0.39 is 17.4 Å². The number of amides is 3. The molecule has 2 bridgehead atoms. The number of benzene rings is 2. The van der Waals surface area contributed by atoms with E-state index in [-0.39, 0.29) is 46.9 Å². The van der Waals surface area contributed by atoms with Crippen LogP contribution in [0.2, 0.25) is 0 Å². The van der Waals surface area contributed by atoms with Crippen LogP contribution >= 0.6 is 0 Å². The molecule has 1 heterocycles. The summed E-state index contributed by atoms with van der Waals surface area (Å²) < 4.78 is 5.40. The van der Waals surface area contributed by atoms with Crippen molar-refractivity contribution < 1.29 is 24.0 Å². The number of hydrogen-bond acceptors (Lipinski definition) is 7. The highest BCUT2D eigenvalue weighted by molar-refractivity contribution is 6.06. The second-order valence-electron chi connectivity index (χ2n) is 8.87. The Bertz CT molecular complexity index is 1270. The zero-order chi connectivity index (χ0) is 24.7. The molecule has 1 saturated carbocycles. The topological polar surface area (TPSA) is 131 Å². The first-order valence-corrected chi connectivity index (χ1v) is 11.2. The lowest BCUT2D eigenvalue weighted by Crippen LogP contribution is -2.28. The van der Waals surface area contributed by atoms with Crippen LogP contribution in [0.25, 0.3) is 0 Å². The van der Waals surface area contributed by atoms with Gasteiger partial charge in [-0.15, -0.1) is 0 Å². The number of aryl methyl sites for hydroxylation is 1. The highest BCUT2D eigenvalue weighted by atomic mass is 16.6. The van der Waals surface area contributed by atoms with Gasteiger partial charge in [-0.3, -0.25) is 24.5 Å². The molecule has 0 spiro atoms. The fourth-order valence-corrected chi connectivity index (χ4v) is 5.05. The first-order valence-electron chi connectivity index (χ1n) is 11.2. The molecule has 4 unspecified atom stereocenters. The van der Waals surface area contributed by atoms with Crippen molar-refractivity contribution in [1.29, 1.82) is 0 Å². The van der Waals surface area contributed by atoms with Crippen molar-refractivity contribution in [3.63, 3.8) is 0 Å². The van der Waals surface area contributed by atoms with Gasteiger partial charge in [0.1, 0.15) is 0 Å². The molecule has 178 valence electrons. The molecule has 0 aromatic heterocycles. The number of nitrogens with zero attached hydrogens (tertiary/aromatic N) is 3. The molecule has 2 fully saturated rings. The minimum Gasteiger partial charge on any atom is -0.477 e. The van der Waals surface area contributed by atoms with Crippen molar-refractivity contribution in [3.05, 3.63) is 75.9 Å². The van der Waals surface area contributed by atoms with Gasteiger partial charge in [0.2, 0.25) is 0 Å². The highest BCUT2D eigenvalue weighted by Crippen LogP contribution is 2.52. The fraction of sp³-hybridized carbons (Fsp3) is 0.280. The Morgan fingerprint density at radius 2 is 1.86 bits per heavy atom. The Balaban J connectivity index is 1.26. The molecule has 35 heavy (non-hydrogen) atoms. The molecule has 1 N–H and O–H groups in total. The molecular formula is C25H22N4O6. The zero-order valence-corrected chi connectivity index (χ0v) is 18.8. The van der Waals surface area contributed by atoms with Gasteiger partial charge in [-0.25, -0.2) is 0 Å². The first-order chi connectivity index (χ1) is 16.8. The number of hydrogen-bond donors (Lipinski definition) is 1. The molecule has 3 aliphatic rings. The average Bonchev–Trinajstić information content (AvgIpc) is 3.52. The first kappa shape index (κ1) is 22.5. The van der Waals surface area contributed by atoms with Crippen molar-refractivity contribution in [2.75, 3.05) is 11.9 Å². The van der Waals surface area contributed by atoms with Gasteiger partial charge in [0, 0.05) is 17.3 Å². The summed E-state index contributed by atoms with van der Waals surface area (Å²) in [5, 5.41) is 19.2. The van der Waals surface area contributed by atoms with Crippen LogP contribution < -0.4 is 10.1 Å². The van der Waals surface area contributed by atoms with Crippen molar-refractivity contribution in [2.45, 2.75) is 13.3 Å². The number of allylic oxidation sites excluding steroid dienone is 2. The Kier molecular flexibility index (Phi) is 5.64. The second-order valence-corrected chi connectivity index (χ2v) is 8.87. The number of nitro benzene ring substituents is 1. The third-order valence-corrected chi connectivity index (χ3v) is 6.73. The maximum atomic E-state index is 12.7. The maximum Gasteiger partial charge on any atom is 0.311 e. The molecule has 1 saturated heterocycles. The van der Waals surface area contributed by atoms with Crippen molar-refractivity contribution in [3.8, 4) is 5.75 Å². The monoisotopic (exact) mass is 474 g/mol. The number of fused-ring (bicyclic) bond motifs is 5. The van der Waals surface area contributed by atoms with Crippen LogP contribution in [0.3, 0.4) is 0 Å². The van der Waals surface area contributed by atoms with E-state index in [1.54, 1.807) is 12.1 Å². The van der Waals surface area contributed by atoms with Gasteiger partial charge in [-0.2, -0.15) is 10.1 Å². The number of imide groups is 1. The molecule has 3 amide bonds. The van der Waals surface area contributed by atoms with E-state index in [0.717, 1.165) is 17.0 Å². The normalized spacial score (nSPS) is 24.3. The van der Waals surface area contributed by atoms with Crippen LogP contribution in [0, 0.1) is 40.7 Å². The predicted octanol–water partition coefficient (Wildman–Crippen LogP) is 3.06. The van der Waals surface area contributed by atoms with Crippen molar-refractivity contribution in [1.82, 2.24) is 5.01 Å². The second kappa shape index (κ2) is 8.79. The molecule has 2 aliphatic carbocycles. The summed E-state index contributed by atoms with van der Waals surface area (Å²) in [4.78, 5) is 48.6. The van der Waals surface area contributed by atoms with E-state index >= 15 is 0 Å². The minimum absolute atomic E-state index is 0.0715. The van der Waals surface area contributed by atoms with Gasteiger partial charge in [0.25, 0.3) is 17.7 Å². The van der Waals surface area contributed by atoms with Gasteiger partial charge in [-0.1, -0.05) is 30.4 Å². The van der Waals surface area contributed by atoms with Gasteiger partial charge >= 0.3 is 5.69 Å². The molecule has 10 nitrogen and oxygen atoms in total. The lowest BCUT2D eigenvalue weighted by Gasteiger charge is -2.13. The van der Waals surface area contributed by atoms with Crippen molar-refractivity contribution in [2.24, 2.45) is 28.8 Å². The van der Waals surface area contributed by atoms with E-state index in [1.165, 1.54) is 24.4 Å². The number of ether oxygens (including phenoxy) is 1. The lowest BCUT2D eigenvalue weighted by molar-refractivity contribution is -0.385. The zero-order valence-electron chi connectivity index (χ0n) is 18.8. The Morgan fingerprint density at radius 1 is 1.17 bits per heavy atom. The van der Waals surface area contributed by atoms with Crippen LogP contribution in [0.15, 0.2) is 59.7 Å². The van der Waals surface area contributed by atoms with Crippen LogP contribution in [0.4, 0.5) is 11.4 Å². The number of para-hydroxylation sites is 1. The van der Waals surface area contributed by atoms with E-state index in [4.69, 9.17) is 4.74 Å². The number of carbonyl (C=O) groups excluding carboxylic acids is 3. The fourth-order valence-electron chi connectivity index (χ4n) is 5.05. The number of hydrazone groups is 1. The Labute approximate surface area is 200 Å². The van der Waals surface area contributed by atoms with E-state index in [9.17, 15) is 24.5 Å². The molecular weight excluding hydrogens is 452 g/mol. The van der Waals surface area contributed by atoms with E-state index in [2.05, 4.69) is 10.4 Å². The average molecular weight is 474 g/mol. The quantitative estimate of drug-likeness (QED) is 0.216. The van der Waals surface area contributed by atoms with Crippen molar-refractivity contribution >= 4 is 35.3 Å². The third kappa shape index (κ3) is 4.07. The largest absolute Gasteiger partial charge is 0.477 e. The smallest absolute Gasteiger partial charge is 0.311 e. The molecule has 0 radical (unpaired) electrons. The Morgan fingerprint density at radius 3 is 2.51 bits per heavy atom. The van der Waals surface area contributed by atoms with Gasteiger partial charge in [0.05, 0.1) is 23.0 Å².